The second-order valence-electron chi connectivity index (χ2n) is 23.9. The molecule has 0 radical (unpaired) electrons. The number of carboxylic acids is 5. The number of aromatic hydroxyl groups is 1. The number of hydrogen-bond donors (Lipinski definition) is 12. The fourth-order valence-electron chi connectivity index (χ4n) is 11.1. The summed E-state index contributed by atoms with van der Waals surface area (Å²) in [6.45, 7) is -0.451. The van der Waals surface area contributed by atoms with Crippen molar-refractivity contribution in [1.82, 2.24) is 26.6 Å². The number of rotatable bonds is 39. The van der Waals surface area contributed by atoms with E-state index in [9.17, 15) is 101 Å². The molecule has 4 aromatic rings. The minimum Gasteiger partial charge on any atom is -0.505 e. The molecule has 2 heterocycles. The Morgan fingerprint density at radius 2 is 1.29 bits per heavy atom. The molecule has 550 valence electrons. The van der Waals surface area contributed by atoms with Gasteiger partial charge in [-0.25, -0.2) is 23.3 Å². The number of carboxylic acid groups (broad SMARTS) is 5. The van der Waals surface area contributed by atoms with Gasteiger partial charge in [0, 0.05) is 98.4 Å². The number of thiocarbonyl (C=S) groups is 1. The second kappa shape index (κ2) is 39.1. The fraction of sp³-hybridized carbons (Fsp3) is 0.343. The van der Waals surface area contributed by atoms with Crippen molar-refractivity contribution in [3.05, 3.63) is 142 Å². The predicted molar refractivity (Wildman–Crippen MR) is 367 cm³/mol. The summed E-state index contributed by atoms with van der Waals surface area (Å²) in [7, 11) is 0. The lowest BCUT2D eigenvalue weighted by molar-refractivity contribution is -0.192. The van der Waals surface area contributed by atoms with Gasteiger partial charge in [-0.15, -0.1) is 11.8 Å². The van der Waals surface area contributed by atoms with Gasteiger partial charge in [-0.3, -0.25) is 57.5 Å². The number of benzene rings is 5. The van der Waals surface area contributed by atoms with Crippen molar-refractivity contribution in [2.24, 2.45) is 17.6 Å². The zero-order valence-electron chi connectivity index (χ0n) is 55.1. The number of ketones is 3. The number of nitrogens with zero attached hydrogens (tertiary/aromatic N) is 1. The Balaban J connectivity index is 0.00000556. The molecule has 7 rings (SSSR count). The van der Waals surface area contributed by atoms with Gasteiger partial charge in [-0.1, -0.05) is 66.7 Å². The van der Waals surface area contributed by atoms with Gasteiger partial charge < -0.3 is 67.4 Å². The maximum absolute atomic E-state index is 14.9. The van der Waals surface area contributed by atoms with E-state index in [1.807, 2.05) is 0 Å². The molecule has 0 aromatic heterocycles. The average Bonchev–Trinajstić information content (AvgIpc) is 0.822. The number of Topliss-reactive ketones (excluding diaryl/α,β-unsaturated/α-hetero) is 3. The number of anilines is 1. The van der Waals surface area contributed by atoms with Crippen LogP contribution in [0.1, 0.15) is 98.5 Å². The number of phenols is 1. The summed E-state index contributed by atoms with van der Waals surface area (Å²) in [5.74, 6) is -20.3. The van der Waals surface area contributed by atoms with Crippen molar-refractivity contribution in [2.75, 3.05) is 23.7 Å². The van der Waals surface area contributed by atoms with Gasteiger partial charge in [-0.05, 0) is 91.7 Å². The first kappa shape index (κ1) is 81.5. The highest BCUT2D eigenvalue weighted by Gasteiger charge is 2.42. The van der Waals surface area contributed by atoms with E-state index >= 15 is 0 Å². The molecular weight excluding hydrogens is 1410 g/mol. The van der Waals surface area contributed by atoms with E-state index in [0.717, 1.165) is 42.5 Å². The molecule has 1 unspecified atom stereocenters. The number of nitrogens with two attached hydrogens (primary N) is 1. The number of carbonyl (C=O) groups excluding carboxylic acids is 10. The highest BCUT2D eigenvalue weighted by atomic mass is 32.2. The summed E-state index contributed by atoms with van der Waals surface area (Å²) in [4.78, 5) is 199. The lowest BCUT2D eigenvalue weighted by atomic mass is 9.89. The van der Waals surface area contributed by atoms with Crippen LogP contribution in [0.2, 0.25) is 0 Å². The molecule has 0 saturated carbocycles. The molecule has 1 fully saturated rings. The molecule has 0 bridgehead atoms. The fourth-order valence-corrected chi connectivity index (χ4v) is 12.6. The van der Waals surface area contributed by atoms with Crippen molar-refractivity contribution >= 4 is 129 Å². The first-order valence-corrected chi connectivity index (χ1v) is 33.5. The number of thioether (sulfide) groups is 1. The molecule has 1 saturated heterocycles. The molecule has 0 spiro atoms. The van der Waals surface area contributed by atoms with E-state index in [4.69, 9.17) is 37.1 Å². The van der Waals surface area contributed by atoms with Crippen LogP contribution in [0.15, 0.2) is 112 Å². The minimum absolute atomic E-state index is 0.0119. The topological polar surface area (TPSA) is 497 Å². The lowest BCUT2D eigenvalue weighted by Gasteiger charge is -2.23. The summed E-state index contributed by atoms with van der Waals surface area (Å²) in [5.41, 5.74) is 4.66. The number of amides is 5. The Kier molecular flexibility index (Phi) is 30.6. The minimum atomic E-state index is -1.89. The smallest absolute Gasteiger partial charge is 0.373 e. The van der Waals surface area contributed by atoms with Gasteiger partial charge in [0.05, 0.1) is 40.9 Å². The van der Waals surface area contributed by atoms with Gasteiger partial charge in [0.15, 0.2) is 34.1 Å². The molecule has 3 aliphatic rings. The zero-order valence-corrected chi connectivity index (χ0v) is 56.7. The molecule has 104 heavy (non-hydrogen) atoms. The molecule has 30 nitrogen and oxygen atoms in total. The molecule has 4 aromatic carbocycles. The maximum Gasteiger partial charge on any atom is 0.373 e. The number of fused-ring (bicyclic) bond motifs is 2. The summed E-state index contributed by atoms with van der Waals surface area (Å²) >= 11 is 5.74. The number of phenolic OH excluding ortho intramolecular Hbond substituents is 1. The normalized spacial score (nSPS) is 14.2. The van der Waals surface area contributed by atoms with Crippen molar-refractivity contribution in [1.29, 1.82) is 0 Å². The van der Waals surface area contributed by atoms with Crippen molar-refractivity contribution in [3.8, 4) is 28.2 Å². The molecule has 2 aliphatic heterocycles. The van der Waals surface area contributed by atoms with E-state index in [1.165, 1.54) is 0 Å². The first-order valence-electron chi connectivity index (χ1n) is 32.0. The summed E-state index contributed by atoms with van der Waals surface area (Å²) in [6.07, 6.45) is -2.52. The Bertz CT molecular complexity index is 4310. The Morgan fingerprint density at radius 1 is 0.654 bits per heavy atom. The van der Waals surface area contributed by atoms with Crippen LogP contribution in [0.4, 0.5) is 14.5 Å². The Labute approximate surface area is 598 Å². The average molecular weight is 1480 g/mol. The molecule has 7 atom stereocenters. The SMILES string of the molecule is N[C@@H](CNC(=O)[C@@H](CC(=O)[C@H](Cc1ccccc1)NC(=O)CCCCC(=O)CC[C@H](NC(=S)NCCCC(=O)O)C(=O)O)Cc1ccccc1)C(=O)N[C@@H](CC(=O)O)C(=O)C[C@@H](CSC1CC(=O)N(c2ccc(-c3c4cc(F)c(=O)cc-4oc4cc(O)c(F)cc34)c(C(=O)O)c2)C1=O)C(=O)O.O=C=O. The third-order valence-electron chi connectivity index (χ3n) is 16.3. The van der Waals surface area contributed by atoms with Crippen LogP contribution >= 0.6 is 24.0 Å². The summed E-state index contributed by atoms with van der Waals surface area (Å²) in [6, 6.07) is 17.6. The van der Waals surface area contributed by atoms with Gasteiger partial charge in [-0.2, -0.15) is 9.59 Å². The molecular formula is C70H71F2N7O23S2. The van der Waals surface area contributed by atoms with Crippen LogP contribution in [0.25, 0.3) is 33.4 Å². The Hall–Kier alpha value is -11.5. The highest BCUT2D eigenvalue weighted by molar-refractivity contribution is 8.00. The third kappa shape index (κ3) is 23.8. The van der Waals surface area contributed by atoms with Crippen molar-refractivity contribution in [3.63, 3.8) is 0 Å². The quantitative estimate of drug-likeness (QED) is 0.0111. The van der Waals surface area contributed by atoms with Crippen LogP contribution in [-0.2, 0) is 80.0 Å². The lowest BCUT2D eigenvalue weighted by Crippen LogP contribution is -2.53. The van der Waals surface area contributed by atoms with E-state index in [0.29, 0.717) is 27.8 Å². The highest BCUT2D eigenvalue weighted by Crippen LogP contribution is 2.44. The number of nitrogens with one attached hydrogen (secondary N) is 5. The molecule has 13 N–H and O–H groups in total. The number of aliphatic carboxylic acids is 4. The molecule has 1 aliphatic carbocycles. The first-order chi connectivity index (χ1) is 49.4. The number of halogens is 2. The number of hydrogen-bond acceptors (Lipinski definition) is 21. The predicted octanol–water partition coefficient (Wildman–Crippen LogP) is 4.33. The maximum atomic E-state index is 14.9. The van der Waals surface area contributed by atoms with Crippen LogP contribution < -0.4 is 42.6 Å². The summed E-state index contributed by atoms with van der Waals surface area (Å²) in [5, 5.41) is 70.4. The monoisotopic (exact) mass is 1480 g/mol. The van der Waals surface area contributed by atoms with Crippen molar-refractivity contribution in [2.45, 2.75) is 119 Å². The number of imide groups is 1. The second-order valence-corrected chi connectivity index (χ2v) is 25.6. The number of unbranched alkanes of at least 4 members (excludes halogenated alkanes) is 1. The third-order valence-corrected chi connectivity index (χ3v) is 18.0. The Morgan fingerprint density at radius 3 is 1.91 bits per heavy atom. The van der Waals surface area contributed by atoms with Gasteiger partial charge in [0.25, 0.3) is 0 Å². The van der Waals surface area contributed by atoms with Crippen LogP contribution in [0, 0.1) is 23.5 Å². The van der Waals surface area contributed by atoms with E-state index < -0.39 is 179 Å². The number of carbonyl (C=O) groups is 13. The van der Waals surface area contributed by atoms with Crippen LogP contribution in [-0.4, -0.2) is 167 Å². The van der Waals surface area contributed by atoms with Crippen LogP contribution in [0.3, 0.4) is 0 Å². The zero-order chi connectivity index (χ0) is 76.5. The molecule has 34 heteroatoms. The largest absolute Gasteiger partial charge is 0.505 e. The van der Waals surface area contributed by atoms with Gasteiger partial charge in [0.1, 0.15) is 29.2 Å². The van der Waals surface area contributed by atoms with E-state index in [-0.39, 0.29) is 127 Å². The van der Waals surface area contributed by atoms with Crippen molar-refractivity contribution < 1.29 is 116 Å². The summed E-state index contributed by atoms with van der Waals surface area (Å²) < 4.78 is 35.3. The van der Waals surface area contributed by atoms with E-state index in [1.54, 1.807) is 60.7 Å². The standard InChI is InChI=1S/C69H71F2N7O21S2.CO2/c70-45-27-43-55(30-51(45)80)99-56-31-52(81)46(71)28-44(56)62(43)41-19-17-39(26-42(41)67(95)96)78-59(85)32-57(65(78)92)101-34-38(66(93)94)25-54(83)50(29-61(88)89)76-64(91)47(72)33-74-63(90)37(22-35-10-3-1-4-11-35)24-53(82)49(23-36-12-5-2-6-13-36)75-58(84)15-8-7-14-40(79)18-20-48(68(97)98)77-69(100)73-21-9-16-60(86)87;2-1-3/h1-6,10-13,17,19,26-28,30-31,37-38,47-50,57,80H,7-9,14-16,18,20-25,29,32-34,72H2,(H,74,90)(H,75,84)(H,76,91)(H,86,87)(H,88,89)(H,93,94)(H,95,96)(H,97,98)(H2,73,77,100);/t37-,38+,47+,48+,49+,50+,57?;/m1./s1. The van der Waals surface area contributed by atoms with Gasteiger partial charge >= 0.3 is 36.0 Å². The van der Waals surface area contributed by atoms with Crippen LogP contribution in [0.5, 0.6) is 5.75 Å². The van der Waals surface area contributed by atoms with Gasteiger partial charge in [0.2, 0.25) is 35.0 Å². The molecule has 5 amide bonds. The number of aromatic carboxylic acids is 1. The van der Waals surface area contributed by atoms with E-state index in [2.05, 4.69) is 26.6 Å².